The summed E-state index contributed by atoms with van der Waals surface area (Å²) >= 11 is 5.87. The van der Waals surface area contributed by atoms with Crippen LogP contribution < -0.4 is 5.32 Å². The maximum Gasteiger partial charge on any atom is 0.246 e. The molecule has 0 unspecified atom stereocenters. The van der Waals surface area contributed by atoms with Crippen molar-refractivity contribution in [2.45, 2.75) is 6.42 Å². The van der Waals surface area contributed by atoms with Crippen molar-refractivity contribution in [1.29, 1.82) is 0 Å². The van der Waals surface area contributed by atoms with Gasteiger partial charge in [0, 0.05) is 23.2 Å². The van der Waals surface area contributed by atoms with Gasteiger partial charge in [-0.15, -0.1) is 0 Å². The number of benzene rings is 1. The molecule has 1 aromatic heterocycles. The van der Waals surface area contributed by atoms with Crippen LogP contribution in [0, 0.1) is 0 Å². The fraction of sp³-hybridized carbons (Fsp3) is 0.278. The van der Waals surface area contributed by atoms with Crippen molar-refractivity contribution in [2.24, 2.45) is 0 Å². The van der Waals surface area contributed by atoms with Crippen LogP contribution >= 0.6 is 11.6 Å². The lowest BCUT2D eigenvalue weighted by atomic mass is 10.0. The molecule has 6 nitrogen and oxygen atoms in total. The van der Waals surface area contributed by atoms with Gasteiger partial charge in [0.25, 0.3) is 0 Å². The number of nitrogens with zero attached hydrogens (tertiary/aromatic N) is 2. The van der Waals surface area contributed by atoms with Crippen LogP contribution in [0.1, 0.15) is 27.5 Å². The van der Waals surface area contributed by atoms with E-state index in [9.17, 15) is 9.59 Å². The zero-order valence-electron chi connectivity index (χ0n) is 14.0. The first-order valence-corrected chi connectivity index (χ1v) is 8.29. The molecule has 0 bridgehead atoms. The topological polar surface area (TPSA) is 75.4 Å². The summed E-state index contributed by atoms with van der Waals surface area (Å²) in [4.78, 5) is 31.0. The van der Waals surface area contributed by atoms with E-state index in [0.29, 0.717) is 17.1 Å². The van der Waals surface area contributed by atoms with Crippen LogP contribution in [0.3, 0.4) is 0 Å². The van der Waals surface area contributed by atoms with Crippen LogP contribution in [0.15, 0.2) is 40.5 Å². The number of fused-ring (bicyclic) bond motifs is 1. The maximum atomic E-state index is 12.5. The van der Waals surface area contributed by atoms with Gasteiger partial charge in [-0.1, -0.05) is 11.6 Å². The Bertz CT molecular complexity index is 838. The van der Waals surface area contributed by atoms with Gasteiger partial charge in [-0.2, -0.15) is 0 Å². The van der Waals surface area contributed by atoms with Crippen LogP contribution in [0.25, 0.3) is 11.5 Å². The van der Waals surface area contributed by atoms with E-state index >= 15 is 0 Å². The minimum Gasteiger partial charge on any atom is -0.432 e. The van der Waals surface area contributed by atoms with Crippen LogP contribution in [0.5, 0.6) is 0 Å². The number of allylic oxidation sites excluding steroid dienone is 2. The second-order valence-electron chi connectivity index (χ2n) is 6.04. The molecular formula is C18H18ClN3O3. The molecule has 0 saturated carbocycles. The Morgan fingerprint density at radius 3 is 2.60 bits per heavy atom. The Hall–Kier alpha value is -2.44. The first kappa shape index (κ1) is 17.4. The molecule has 1 aromatic carbocycles. The second kappa shape index (κ2) is 7.21. The molecule has 1 aliphatic carbocycles. The summed E-state index contributed by atoms with van der Waals surface area (Å²) in [5, 5.41) is 3.59. The van der Waals surface area contributed by atoms with Gasteiger partial charge < -0.3 is 14.6 Å². The van der Waals surface area contributed by atoms with E-state index < -0.39 is 0 Å². The van der Waals surface area contributed by atoms with E-state index in [1.165, 1.54) is 6.08 Å². The molecular weight excluding hydrogens is 342 g/mol. The number of rotatable bonds is 6. The summed E-state index contributed by atoms with van der Waals surface area (Å²) in [6, 6.07) is 6.84. The molecule has 7 heteroatoms. The summed E-state index contributed by atoms with van der Waals surface area (Å²) in [5.41, 5.74) is 0.948. The van der Waals surface area contributed by atoms with Crippen molar-refractivity contribution >= 4 is 23.2 Å². The third kappa shape index (κ3) is 3.81. The number of halogens is 1. The Balaban J connectivity index is 1.78. The number of carbonyl (C=O) groups is 2. The molecule has 0 amide bonds. The normalized spacial score (nSPS) is 13.8. The summed E-state index contributed by atoms with van der Waals surface area (Å²) in [6.45, 7) is 1.48. The minimum atomic E-state index is -0.354. The lowest BCUT2D eigenvalue weighted by Crippen LogP contribution is -2.28. The monoisotopic (exact) mass is 359 g/mol. The first-order chi connectivity index (χ1) is 12.0. The number of nitrogens with one attached hydrogen (secondary N) is 1. The van der Waals surface area contributed by atoms with Gasteiger partial charge >= 0.3 is 0 Å². The lowest BCUT2D eigenvalue weighted by Gasteiger charge is -2.13. The molecule has 2 aromatic rings. The minimum absolute atomic E-state index is 0.0208. The molecule has 3 rings (SSSR count). The van der Waals surface area contributed by atoms with Crippen molar-refractivity contribution in [2.75, 3.05) is 27.2 Å². The SMILES string of the molecule is CN(C)CCCNC1=CC(=O)c2nc(-c3ccc(Cl)cc3)oc2C1=O. The molecule has 0 spiro atoms. The Morgan fingerprint density at radius 2 is 1.92 bits per heavy atom. The van der Waals surface area contributed by atoms with Crippen LogP contribution in [-0.4, -0.2) is 48.6 Å². The van der Waals surface area contributed by atoms with Gasteiger partial charge in [-0.25, -0.2) is 4.98 Å². The number of hydrogen-bond acceptors (Lipinski definition) is 6. The predicted molar refractivity (Wildman–Crippen MR) is 94.9 cm³/mol. The Labute approximate surface area is 150 Å². The number of hydrogen-bond donors (Lipinski definition) is 1. The highest BCUT2D eigenvalue weighted by Gasteiger charge is 2.32. The molecule has 130 valence electrons. The Kier molecular flexibility index (Phi) is 5.01. The lowest BCUT2D eigenvalue weighted by molar-refractivity contribution is 0.0956. The molecule has 0 saturated heterocycles. The zero-order valence-corrected chi connectivity index (χ0v) is 14.8. The van der Waals surface area contributed by atoms with Gasteiger partial charge in [-0.05, 0) is 51.3 Å². The first-order valence-electron chi connectivity index (χ1n) is 7.92. The van der Waals surface area contributed by atoms with Gasteiger partial charge in [0.05, 0.1) is 5.70 Å². The van der Waals surface area contributed by atoms with E-state index in [1.54, 1.807) is 24.3 Å². The number of ketones is 2. The summed E-state index contributed by atoms with van der Waals surface area (Å²) < 4.78 is 5.58. The van der Waals surface area contributed by atoms with Crippen molar-refractivity contribution in [3.63, 3.8) is 0 Å². The molecule has 1 heterocycles. The second-order valence-corrected chi connectivity index (χ2v) is 6.48. The van der Waals surface area contributed by atoms with E-state index in [-0.39, 0.29) is 34.6 Å². The number of aromatic nitrogens is 1. The highest BCUT2D eigenvalue weighted by molar-refractivity contribution is 6.30. The number of Topliss-reactive ketones (excluding diaryl/α,β-unsaturated/α-hetero) is 1. The zero-order chi connectivity index (χ0) is 18.0. The van der Waals surface area contributed by atoms with E-state index in [2.05, 4.69) is 15.2 Å². The van der Waals surface area contributed by atoms with E-state index in [4.69, 9.17) is 16.0 Å². The average molecular weight is 360 g/mol. The highest BCUT2D eigenvalue weighted by atomic mass is 35.5. The summed E-state index contributed by atoms with van der Waals surface area (Å²) in [5.74, 6) is -0.487. The molecule has 0 radical (unpaired) electrons. The standard InChI is InChI=1S/C18H18ClN3O3/c1-22(2)9-3-8-20-13-10-14(23)15-17(16(13)24)25-18(21-15)11-4-6-12(19)7-5-11/h4-7,10,20H,3,8-9H2,1-2H3. The van der Waals surface area contributed by atoms with E-state index in [0.717, 1.165) is 13.0 Å². The molecule has 0 atom stereocenters. The van der Waals surface area contributed by atoms with Crippen molar-refractivity contribution in [3.8, 4) is 11.5 Å². The third-order valence-corrected chi connectivity index (χ3v) is 4.03. The fourth-order valence-corrected chi connectivity index (χ4v) is 2.62. The Morgan fingerprint density at radius 1 is 1.20 bits per heavy atom. The average Bonchev–Trinajstić information content (AvgIpc) is 3.02. The summed E-state index contributed by atoms with van der Waals surface area (Å²) in [6.07, 6.45) is 2.14. The molecule has 0 aliphatic heterocycles. The largest absolute Gasteiger partial charge is 0.432 e. The molecule has 0 fully saturated rings. The van der Waals surface area contributed by atoms with Crippen molar-refractivity contribution < 1.29 is 14.0 Å². The predicted octanol–water partition coefficient (Wildman–Crippen LogP) is 2.80. The molecule has 1 aliphatic rings. The van der Waals surface area contributed by atoms with Gasteiger partial charge in [0.15, 0.2) is 5.69 Å². The smallest absolute Gasteiger partial charge is 0.246 e. The molecule has 1 N–H and O–H groups in total. The van der Waals surface area contributed by atoms with Gasteiger partial charge in [0.2, 0.25) is 23.2 Å². The quantitative estimate of drug-likeness (QED) is 0.799. The maximum absolute atomic E-state index is 12.5. The van der Waals surface area contributed by atoms with Gasteiger partial charge in [-0.3, -0.25) is 9.59 Å². The number of carbonyl (C=O) groups excluding carboxylic acids is 2. The molecule has 25 heavy (non-hydrogen) atoms. The fourth-order valence-electron chi connectivity index (χ4n) is 2.49. The summed E-state index contributed by atoms with van der Waals surface area (Å²) in [7, 11) is 3.96. The van der Waals surface area contributed by atoms with Crippen LogP contribution in [0.2, 0.25) is 5.02 Å². The van der Waals surface area contributed by atoms with Crippen LogP contribution in [-0.2, 0) is 0 Å². The highest BCUT2D eigenvalue weighted by Crippen LogP contribution is 2.27. The van der Waals surface area contributed by atoms with Crippen LogP contribution in [0.4, 0.5) is 0 Å². The van der Waals surface area contributed by atoms with Crippen molar-refractivity contribution in [1.82, 2.24) is 15.2 Å². The number of oxazole rings is 1. The third-order valence-electron chi connectivity index (χ3n) is 3.78. The van der Waals surface area contributed by atoms with Gasteiger partial charge in [0.1, 0.15) is 0 Å². The van der Waals surface area contributed by atoms with E-state index in [1.807, 2.05) is 14.1 Å². The van der Waals surface area contributed by atoms with Crippen molar-refractivity contribution in [3.05, 3.63) is 52.5 Å².